The van der Waals surface area contributed by atoms with Crippen molar-refractivity contribution in [3.8, 4) is 0 Å². The number of halogens is 1. The number of thiazole rings is 1. The van der Waals surface area contributed by atoms with Crippen LogP contribution in [0.5, 0.6) is 0 Å². The van der Waals surface area contributed by atoms with Gasteiger partial charge in [-0.3, -0.25) is 0 Å². The smallest absolute Gasteiger partial charge is 0.221 e. The van der Waals surface area contributed by atoms with Crippen LogP contribution in [-0.4, -0.2) is 15.0 Å². The molecule has 0 radical (unpaired) electrons. The van der Waals surface area contributed by atoms with Crippen molar-refractivity contribution >= 4 is 39.3 Å². The largest absolute Gasteiger partial charge is 0.368 e. The van der Waals surface area contributed by atoms with E-state index in [2.05, 4.69) is 15.0 Å². The Balaban J connectivity index is 1.98. The highest BCUT2D eigenvalue weighted by atomic mass is 32.2. The molecule has 2 aromatic heterocycles. The molecular formula is C11H7FN4S2. The maximum Gasteiger partial charge on any atom is 0.221 e. The summed E-state index contributed by atoms with van der Waals surface area (Å²) in [6.45, 7) is 0. The van der Waals surface area contributed by atoms with Gasteiger partial charge in [-0.2, -0.15) is 0 Å². The second kappa shape index (κ2) is 4.51. The molecule has 0 aliphatic heterocycles. The lowest BCUT2D eigenvalue weighted by atomic mass is 10.3. The van der Waals surface area contributed by atoms with Crippen LogP contribution in [0.25, 0.3) is 10.2 Å². The number of benzene rings is 1. The Labute approximate surface area is 110 Å². The lowest BCUT2D eigenvalue weighted by Crippen LogP contribution is -1.97. The van der Waals surface area contributed by atoms with Gasteiger partial charge in [-0.05, 0) is 23.9 Å². The molecular weight excluding hydrogens is 271 g/mol. The molecule has 0 aliphatic rings. The normalized spacial score (nSPS) is 10.9. The summed E-state index contributed by atoms with van der Waals surface area (Å²) in [7, 11) is 0. The van der Waals surface area contributed by atoms with Gasteiger partial charge in [-0.15, -0.1) is 11.3 Å². The maximum absolute atomic E-state index is 13.5. The lowest BCUT2D eigenvalue weighted by molar-refractivity contribution is 0.580. The van der Waals surface area contributed by atoms with E-state index >= 15 is 0 Å². The first kappa shape index (κ1) is 11.4. The third-order valence-electron chi connectivity index (χ3n) is 2.19. The first-order valence-corrected chi connectivity index (χ1v) is 6.67. The first-order chi connectivity index (χ1) is 8.72. The Morgan fingerprint density at radius 2 is 2.06 bits per heavy atom. The summed E-state index contributed by atoms with van der Waals surface area (Å²) < 4.78 is 15.3. The van der Waals surface area contributed by atoms with E-state index in [0.717, 1.165) is 32.5 Å². The summed E-state index contributed by atoms with van der Waals surface area (Å²) in [5.74, 6) is -0.437. The van der Waals surface area contributed by atoms with Gasteiger partial charge in [0.05, 0.1) is 16.4 Å². The second-order valence-corrected chi connectivity index (χ2v) is 5.70. The Bertz CT molecular complexity index is 680. The lowest BCUT2D eigenvalue weighted by Gasteiger charge is -1.98. The van der Waals surface area contributed by atoms with Crippen molar-refractivity contribution in [3.05, 3.63) is 36.3 Å². The summed E-state index contributed by atoms with van der Waals surface area (Å²) in [6.07, 6.45) is 1.07. The Morgan fingerprint density at radius 1 is 1.22 bits per heavy atom. The van der Waals surface area contributed by atoms with Gasteiger partial charge < -0.3 is 5.73 Å². The number of nitrogen functional groups attached to an aromatic ring is 1. The van der Waals surface area contributed by atoms with Gasteiger partial charge in [0, 0.05) is 0 Å². The molecule has 0 atom stereocenters. The van der Waals surface area contributed by atoms with E-state index in [-0.39, 0.29) is 11.0 Å². The molecule has 4 nitrogen and oxygen atoms in total. The number of hydrogen-bond donors (Lipinski definition) is 1. The molecule has 7 heteroatoms. The highest BCUT2D eigenvalue weighted by Crippen LogP contribution is 2.34. The van der Waals surface area contributed by atoms with Crippen LogP contribution in [0, 0.1) is 5.82 Å². The number of aromatic nitrogens is 3. The zero-order chi connectivity index (χ0) is 12.5. The summed E-state index contributed by atoms with van der Waals surface area (Å²) in [5, 5.41) is 0.196. The number of anilines is 1. The Morgan fingerprint density at radius 3 is 2.89 bits per heavy atom. The van der Waals surface area contributed by atoms with E-state index in [4.69, 9.17) is 5.73 Å². The summed E-state index contributed by atoms with van der Waals surface area (Å²) in [4.78, 5) is 11.8. The fraction of sp³-hybridized carbons (Fsp3) is 0. The van der Waals surface area contributed by atoms with Crippen molar-refractivity contribution < 1.29 is 4.39 Å². The van der Waals surface area contributed by atoms with Crippen molar-refractivity contribution in [2.45, 2.75) is 9.37 Å². The molecule has 0 aliphatic carbocycles. The minimum Gasteiger partial charge on any atom is -0.368 e. The number of fused-ring (bicyclic) bond motifs is 1. The van der Waals surface area contributed by atoms with Gasteiger partial charge in [0.1, 0.15) is 5.03 Å². The van der Waals surface area contributed by atoms with E-state index in [1.807, 2.05) is 24.3 Å². The monoisotopic (exact) mass is 278 g/mol. The van der Waals surface area contributed by atoms with Gasteiger partial charge in [-0.1, -0.05) is 12.1 Å². The SMILES string of the molecule is Nc1ncc(F)c(Sc2nc3ccccc3s2)n1. The number of rotatable bonds is 2. The Kier molecular flexibility index (Phi) is 2.85. The van der Waals surface area contributed by atoms with Crippen molar-refractivity contribution in [2.75, 3.05) is 5.73 Å². The molecule has 0 spiro atoms. The van der Waals surface area contributed by atoms with Crippen LogP contribution >= 0.6 is 23.1 Å². The number of para-hydroxylation sites is 1. The number of nitrogens with two attached hydrogens (primary N) is 1. The number of nitrogens with zero attached hydrogens (tertiary/aromatic N) is 3. The van der Waals surface area contributed by atoms with Gasteiger partial charge >= 0.3 is 0 Å². The fourth-order valence-electron chi connectivity index (χ4n) is 1.41. The van der Waals surface area contributed by atoms with Gasteiger partial charge in [0.25, 0.3) is 0 Å². The second-order valence-electron chi connectivity index (χ2n) is 3.43. The minimum absolute atomic E-state index is 0.0556. The van der Waals surface area contributed by atoms with E-state index in [9.17, 15) is 4.39 Å². The van der Waals surface area contributed by atoms with Crippen molar-refractivity contribution in [2.24, 2.45) is 0 Å². The van der Waals surface area contributed by atoms with Gasteiger partial charge in [0.15, 0.2) is 10.2 Å². The average molecular weight is 278 g/mol. The molecule has 2 N–H and O–H groups in total. The van der Waals surface area contributed by atoms with Crippen LogP contribution in [0.4, 0.5) is 10.3 Å². The van der Waals surface area contributed by atoms with E-state index < -0.39 is 5.82 Å². The predicted molar refractivity (Wildman–Crippen MR) is 70.1 cm³/mol. The molecule has 0 fully saturated rings. The van der Waals surface area contributed by atoms with E-state index in [0.29, 0.717) is 0 Å². The number of hydrogen-bond acceptors (Lipinski definition) is 6. The summed E-state index contributed by atoms with van der Waals surface area (Å²) in [6, 6.07) is 7.75. The predicted octanol–water partition coefficient (Wildman–Crippen LogP) is 2.96. The molecule has 0 unspecified atom stereocenters. The van der Waals surface area contributed by atoms with Crippen LogP contribution in [-0.2, 0) is 0 Å². The van der Waals surface area contributed by atoms with E-state index in [1.54, 1.807) is 0 Å². The highest BCUT2D eigenvalue weighted by Gasteiger charge is 2.11. The fourth-order valence-corrected chi connectivity index (χ4v) is 3.38. The van der Waals surface area contributed by atoms with Crippen molar-refractivity contribution in [1.82, 2.24) is 15.0 Å². The molecule has 2 heterocycles. The average Bonchev–Trinajstić information content (AvgIpc) is 2.76. The molecule has 1 aromatic carbocycles. The molecule has 0 saturated heterocycles. The molecule has 0 amide bonds. The standard InChI is InChI=1S/C11H7FN4S2/c12-6-5-14-10(13)16-9(6)18-11-15-7-3-1-2-4-8(7)17-11/h1-5H,(H2,13,14,16). The van der Waals surface area contributed by atoms with Crippen LogP contribution in [0.3, 0.4) is 0 Å². The molecule has 0 bridgehead atoms. The highest BCUT2D eigenvalue weighted by molar-refractivity contribution is 8.01. The first-order valence-electron chi connectivity index (χ1n) is 5.04. The molecule has 90 valence electrons. The van der Waals surface area contributed by atoms with Gasteiger partial charge in [-0.25, -0.2) is 19.3 Å². The van der Waals surface area contributed by atoms with Crippen LogP contribution in [0.1, 0.15) is 0 Å². The zero-order valence-electron chi connectivity index (χ0n) is 9.00. The maximum atomic E-state index is 13.5. The quantitative estimate of drug-likeness (QED) is 0.730. The van der Waals surface area contributed by atoms with Crippen LogP contribution in [0.15, 0.2) is 39.8 Å². The summed E-state index contributed by atoms with van der Waals surface area (Å²) in [5.41, 5.74) is 6.33. The minimum atomic E-state index is -0.492. The molecule has 18 heavy (non-hydrogen) atoms. The Hall–Kier alpha value is -1.73. The van der Waals surface area contributed by atoms with E-state index in [1.165, 1.54) is 11.3 Å². The van der Waals surface area contributed by atoms with Crippen molar-refractivity contribution in [1.29, 1.82) is 0 Å². The third kappa shape index (κ3) is 2.14. The van der Waals surface area contributed by atoms with Crippen LogP contribution in [0.2, 0.25) is 0 Å². The zero-order valence-corrected chi connectivity index (χ0v) is 10.6. The topological polar surface area (TPSA) is 64.7 Å². The van der Waals surface area contributed by atoms with Gasteiger partial charge in [0.2, 0.25) is 5.95 Å². The molecule has 3 aromatic rings. The third-order valence-corrected chi connectivity index (χ3v) is 4.27. The summed E-state index contributed by atoms with van der Waals surface area (Å²) >= 11 is 2.65. The van der Waals surface area contributed by atoms with Crippen LogP contribution < -0.4 is 5.73 Å². The molecule has 3 rings (SSSR count). The van der Waals surface area contributed by atoms with Crippen molar-refractivity contribution in [3.63, 3.8) is 0 Å². The molecule has 0 saturated carbocycles.